The normalized spacial score (nSPS) is 14.9. The topological polar surface area (TPSA) is 76.6 Å². The first-order valence-electron chi connectivity index (χ1n) is 9.34. The van der Waals surface area contributed by atoms with Gasteiger partial charge in [-0.1, -0.05) is 0 Å². The molecule has 0 fully saturated rings. The average molecular weight is 496 g/mol. The smallest absolute Gasteiger partial charge is 0.427 e. The van der Waals surface area contributed by atoms with Gasteiger partial charge in [-0.15, -0.1) is 0 Å². The summed E-state index contributed by atoms with van der Waals surface area (Å²) in [4.78, 5) is 17.6. The molecule has 0 N–H and O–H groups in total. The minimum absolute atomic E-state index is 0.121. The van der Waals surface area contributed by atoms with E-state index in [0.717, 1.165) is 49.3 Å². The van der Waals surface area contributed by atoms with Crippen LogP contribution < -0.4 is 4.74 Å². The summed E-state index contributed by atoms with van der Waals surface area (Å²) in [5.41, 5.74) is -3.89. The molecule has 0 radical (unpaired) electrons. The number of rotatable bonds is 4. The van der Waals surface area contributed by atoms with Gasteiger partial charge in [0.25, 0.3) is 5.91 Å². The van der Waals surface area contributed by atoms with E-state index in [0.29, 0.717) is 6.20 Å². The van der Waals surface area contributed by atoms with Gasteiger partial charge in [0.15, 0.2) is 15.4 Å². The van der Waals surface area contributed by atoms with Crippen molar-refractivity contribution in [2.75, 3.05) is 6.26 Å². The maximum atomic E-state index is 13.3. The van der Waals surface area contributed by atoms with Crippen LogP contribution in [0.2, 0.25) is 0 Å². The highest BCUT2D eigenvalue weighted by Crippen LogP contribution is 2.37. The number of sulfone groups is 1. The first-order chi connectivity index (χ1) is 14.9. The van der Waals surface area contributed by atoms with Gasteiger partial charge >= 0.3 is 12.4 Å². The molecular weight excluding hydrogens is 478 g/mol. The standard InChI is InChI=1S/C20H18F6N2O4S/c1-18(2,20(24,25)26)32-16-5-4-13(33(3,30)31)7-14(16)17(29)28-9-11-6-12(19(21,22)23)8-27-15(11)10-28/h4-8H,9-10H2,1-3H3. The lowest BCUT2D eigenvalue weighted by atomic mass is 10.1. The first kappa shape index (κ1) is 24.8. The number of hydrogen-bond donors (Lipinski definition) is 0. The molecule has 180 valence electrons. The zero-order chi connectivity index (χ0) is 25.0. The molecule has 1 aromatic heterocycles. The zero-order valence-electron chi connectivity index (χ0n) is 17.5. The van der Waals surface area contributed by atoms with Gasteiger partial charge in [-0.3, -0.25) is 9.78 Å². The van der Waals surface area contributed by atoms with Crippen LogP contribution in [0.4, 0.5) is 26.3 Å². The number of ether oxygens (including phenoxy) is 1. The Kier molecular flexibility index (Phi) is 5.93. The van der Waals surface area contributed by atoms with E-state index in [4.69, 9.17) is 4.74 Å². The highest BCUT2D eigenvalue weighted by molar-refractivity contribution is 7.90. The van der Waals surface area contributed by atoms with Crippen LogP contribution in [-0.4, -0.2) is 42.2 Å². The van der Waals surface area contributed by atoms with Crippen molar-refractivity contribution in [1.29, 1.82) is 0 Å². The van der Waals surface area contributed by atoms with E-state index in [9.17, 15) is 39.6 Å². The summed E-state index contributed by atoms with van der Waals surface area (Å²) in [6.07, 6.45) is -7.99. The van der Waals surface area contributed by atoms with Gasteiger partial charge in [0.1, 0.15) is 5.75 Å². The van der Waals surface area contributed by atoms with Gasteiger partial charge < -0.3 is 9.64 Å². The quantitative estimate of drug-likeness (QED) is 0.588. The average Bonchev–Trinajstić information content (AvgIpc) is 3.08. The van der Waals surface area contributed by atoms with E-state index < -0.39 is 50.6 Å². The Morgan fingerprint density at radius 2 is 1.70 bits per heavy atom. The first-order valence-corrected chi connectivity index (χ1v) is 11.2. The third kappa shape index (κ3) is 5.07. The van der Waals surface area contributed by atoms with Crippen LogP contribution in [0.1, 0.15) is 41.0 Å². The second-order valence-electron chi connectivity index (χ2n) is 8.03. The number of hydrogen-bond acceptors (Lipinski definition) is 5. The van der Waals surface area contributed by atoms with E-state index >= 15 is 0 Å². The van der Waals surface area contributed by atoms with E-state index in [-0.39, 0.29) is 29.2 Å². The summed E-state index contributed by atoms with van der Waals surface area (Å²) in [6, 6.07) is 3.67. The molecular formula is C20H18F6N2O4S. The number of nitrogens with zero attached hydrogens (tertiary/aromatic N) is 2. The van der Waals surface area contributed by atoms with Crippen molar-refractivity contribution in [3.05, 3.63) is 52.8 Å². The van der Waals surface area contributed by atoms with Crippen molar-refractivity contribution in [2.24, 2.45) is 0 Å². The fourth-order valence-corrected chi connectivity index (χ4v) is 3.70. The van der Waals surface area contributed by atoms with Crippen molar-refractivity contribution >= 4 is 15.7 Å². The van der Waals surface area contributed by atoms with Gasteiger partial charge in [0.05, 0.1) is 28.3 Å². The van der Waals surface area contributed by atoms with Gasteiger partial charge in [-0.05, 0) is 43.7 Å². The lowest BCUT2D eigenvalue weighted by molar-refractivity contribution is -0.234. The molecule has 0 aliphatic carbocycles. The molecule has 0 unspecified atom stereocenters. The van der Waals surface area contributed by atoms with Gasteiger partial charge in [0.2, 0.25) is 0 Å². The monoisotopic (exact) mass is 496 g/mol. The maximum absolute atomic E-state index is 13.3. The molecule has 0 bridgehead atoms. The van der Waals surface area contributed by atoms with Crippen molar-refractivity contribution in [3.8, 4) is 5.75 Å². The van der Waals surface area contributed by atoms with Crippen LogP contribution in [0.3, 0.4) is 0 Å². The minimum Gasteiger partial charge on any atom is -0.478 e. The van der Waals surface area contributed by atoms with Crippen LogP contribution >= 0.6 is 0 Å². The summed E-state index contributed by atoms with van der Waals surface area (Å²) in [5.74, 6) is -1.44. The van der Waals surface area contributed by atoms with Crippen LogP contribution in [0.5, 0.6) is 5.75 Å². The van der Waals surface area contributed by atoms with Crippen LogP contribution in [0.25, 0.3) is 0 Å². The lowest BCUT2D eigenvalue weighted by Crippen LogP contribution is -2.45. The Hall–Kier alpha value is -2.83. The molecule has 1 aliphatic heterocycles. The molecule has 1 amide bonds. The Morgan fingerprint density at radius 3 is 2.24 bits per heavy atom. The van der Waals surface area contributed by atoms with E-state index in [1.807, 2.05) is 0 Å². The summed E-state index contributed by atoms with van der Waals surface area (Å²) in [6.45, 7) is 0.966. The Balaban J connectivity index is 2.00. The molecule has 2 heterocycles. The number of aromatic nitrogens is 1. The fourth-order valence-electron chi connectivity index (χ4n) is 3.06. The summed E-state index contributed by atoms with van der Waals surface area (Å²) < 4.78 is 108. The van der Waals surface area contributed by atoms with Crippen molar-refractivity contribution < 1.29 is 44.3 Å². The molecule has 0 atom stereocenters. The summed E-state index contributed by atoms with van der Waals surface area (Å²) in [5, 5.41) is 0. The van der Waals surface area contributed by atoms with Gasteiger partial charge in [-0.25, -0.2) is 8.42 Å². The van der Waals surface area contributed by atoms with Crippen LogP contribution in [-0.2, 0) is 29.1 Å². The number of amides is 1. The van der Waals surface area contributed by atoms with Gasteiger partial charge in [-0.2, -0.15) is 26.3 Å². The highest BCUT2D eigenvalue weighted by Gasteiger charge is 2.50. The number of alkyl halides is 6. The zero-order valence-corrected chi connectivity index (χ0v) is 18.3. The molecule has 6 nitrogen and oxygen atoms in total. The SMILES string of the molecule is CC(C)(Oc1ccc(S(C)(=O)=O)cc1C(=O)N1Cc2cc(C(F)(F)F)cnc2C1)C(F)(F)F. The number of carbonyl (C=O) groups is 1. The van der Waals surface area contributed by atoms with E-state index in [1.165, 1.54) is 0 Å². The van der Waals surface area contributed by atoms with E-state index in [1.54, 1.807) is 0 Å². The summed E-state index contributed by atoms with van der Waals surface area (Å²) in [7, 11) is -3.83. The molecule has 33 heavy (non-hydrogen) atoms. The maximum Gasteiger partial charge on any atom is 0.427 e. The molecule has 0 saturated carbocycles. The minimum atomic E-state index is -4.81. The Bertz CT molecular complexity index is 1210. The van der Waals surface area contributed by atoms with Gasteiger partial charge in [0, 0.05) is 19.0 Å². The second-order valence-corrected chi connectivity index (χ2v) is 10.0. The second kappa shape index (κ2) is 7.89. The highest BCUT2D eigenvalue weighted by atomic mass is 32.2. The van der Waals surface area contributed by atoms with E-state index in [2.05, 4.69) is 4.98 Å². The number of benzene rings is 1. The molecule has 13 heteroatoms. The number of halogens is 6. The Labute approximate surface area is 185 Å². The molecule has 0 saturated heterocycles. The third-order valence-electron chi connectivity index (χ3n) is 5.03. The fraction of sp³-hybridized carbons (Fsp3) is 0.400. The molecule has 2 aromatic rings. The van der Waals surface area contributed by atoms with Crippen LogP contribution in [0, 0.1) is 0 Å². The largest absolute Gasteiger partial charge is 0.478 e. The predicted molar refractivity (Wildman–Crippen MR) is 103 cm³/mol. The molecule has 0 spiro atoms. The van der Waals surface area contributed by atoms with Crippen molar-refractivity contribution in [1.82, 2.24) is 9.88 Å². The molecule has 1 aromatic carbocycles. The predicted octanol–water partition coefficient (Wildman–Crippen LogP) is 4.38. The number of pyridine rings is 1. The lowest BCUT2D eigenvalue weighted by Gasteiger charge is -2.30. The van der Waals surface area contributed by atoms with Crippen molar-refractivity contribution in [3.63, 3.8) is 0 Å². The van der Waals surface area contributed by atoms with Crippen LogP contribution in [0.15, 0.2) is 35.4 Å². The number of fused-ring (bicyclic) bond motifs is 1. The third-order valence-corrected chi connectivity index (χ3v) is 6.14. The Morgan fingerprint density at radius 1 is 1.06 bits per heavy atom. The number of carbonyl (C=O) groups excluding carboxylic acids is 1. The van der Waals surface area contributed by atoms with Crippen molar-refractivity contribution in [2.45, 2.75) is 49.8 Å². The molecule has 1 aliphatic rings. The molecule has 3 rings (SSSR count). The summed E-state index contributed by atoms with van der Waals surface area (Å²) >= 11 is 0.